The van der Waals surface area contributed by atoms with E-state index < -0.39 is 5.67 Å². The Morgan fingerprint density at radius 3 is 2.73 bits per heavy atom. The second kappa shape index (κ2) is 9.75. The van der Waals surface area contributed by atoms with Gasteiger partial charge in [-0.05, 0) is 31.0 Å². The number of amides is 1. The monoisotopic (exact) mass is 430 g/mol. The molecular formula is C21H24ClFN6O. The molecule has 1 amide bonds. The Kier molecular flexibility index (Phi) is 7.10. The van der Waals surface area contributed by atoms with Gasteiger partial charge in [0.05, 0.1) is 17.1 Å². The molecule has 1 aliphatic rings. The van der Waals surface area contributed by atoms with Crippen LogP contribution in [0.3, 0.4) is 0 Å². The lowest BCUT2D eigenvalue weighted by Gasteiger charge is -2.37. The van der Waals surface area contributed by atoms with Crippen LogP contribution in [0.2, 0.25) is 5.02 Å². The Morgan fingerprint density at radius 1 is 1.37 bits per heavy atom. The number of aliphatic imine (C=N–C) groups is 1. The van der Waals surface area contributed by atoms with Gasteiger partial charge in [-0.15, -0.1) is 0 Å². The number of halogens is 2. The fraction of sp³-hybridized carbons (Fsp3) is 0.381. The molecule has 0 saturated carbocycles. The van der Waals surface area contributed by atoms with E-state index in [1.807, 2.05) is 6.92 Å². The van der Waals surface area contributed by atoms with E-state index in [0.29, 0.717) is 35.1 Å². The molecule has 2 aromatic heterocycles. The molecule has 3 rings (SSSR count). The predicted octanol–water partition coefficient (Wildman–Crippen LogP) is 3.07. The fourth-order valence-corrected chi connectivity index (χ4v) is 3.61. The molecule has 7 nitrogen and oxygen atoms in total. The second-order valence-corrected chi connectivity index (χ2v) is 7.76. The van der Waals surface area contributed by atoms with Crippen molar-refractivity contribution in [1.82, 2.24) is 19.9 Å². The summed E-state index contributed by atoms with van der Waals surface area (Å²) in [7, 11) is 0. The van der Waals surface area contributed by atoms with Crippen LogP contribution < -0.4 is 5.73 Å². The maximum atomic E-state index is 15.3. The predicted molar refractivity (Wildman–Crippen MR) is 114 cm³/mol. The number of carbonyl (C=O) groups is 1. The molecule has 2 N–H and O–H groups in total. The number of likely N-dealkylation sites (tertiary alicyclic amines) is 1. The first-order chi connectivity index (χ1) is 14.4. The molecule has 1 unspecified atom stereocenters. The summed E-state index contributed by atoms with van der Waals surface area (Å²) in [6, 6.07) is 5.19. The van der Waals surface area contributed by atoms with Crippen molar-refractivity contribution in [2.45, 2.75) is 37.8 Å². The summed E-state index contributed by atoms with van der Waals surface area (Å²) in [6.07, 6.45) is 7.81. The molecule has 30 heavy (non-hydrogen) atoms. The summed E-state index contributed by atoms with van der Waals surface area (Å²) >= 11 is 5.85. The molecule has 1 aliphatic heterocycles. The molecule has 0 bridgehead atoms. The average Bonchev–Trinajstić information content (AvgIpc) is 2.76. The van der Waals surface area contributed by atoms with Crippen LogP contribution in [-0.2, 0) is 11.2 Å². The maximum Gasteiger partial charge on any atom is 0.252 e. The first kappa shape index (κ1) is 21.8. The Balaban J connectivity index is 1.69. The lowest BCUT2D eigenvalue weighted by molar-refractivity contribution is -0.130. The average molecular weight is 431 g/mol. The highest BCUT2D eigenvalue weighted by Gasteiger charge is 2.37. The van der Waals surface area contributed by atoms with Crippen LogP contribution in [0.5, 0.6) is 0 Å². The molecule has 0 aromatic carbocycles. The molecule has 0 spiro atoms. The lowest BCUT2D eigenvalue weighted by Crippen LogP contribution is -2.46. The number of hydrogen-bond acceptors (Lipinski definition) is 5. The summed E-state index contributed by atoms with van der Waals surface area (Å²) in [6.45, 7) is 2.49. The minimum atomic E-state index is -1.41. The van der Waals surface area contributed by atoms with Crippen molar-refractivity contribution in [3.8, 4) is 0 Å². The summed E-state index contributed by atoms with van der Waals surface area (Å²) < 4.78 is 15.3. The quantitative estimate of drug-likeness (QED) is 0.431. The number of rotatable bonds is 6. The van der Waals surface area contributed by atoms with Crippen LogP contribution in [0.15, 0.2) is 53.7 Å². The van der Waals surface area contributed by atoms with Crippen LogP contribution in [0, 0.1) is 0 Å². The molecule has 0 aliphatic carbocycles. The number of pyridine rings is 1. The fourth-order valence-electron chi connectivity index (χ4n) is 3.50. The Hall–Kier alpha value is -2.87. The van der Waals surface area contributed by atoms with Crippen molar-refractivity contribution in [2.24, 2.45) is 10.7 Å². The second-order valence-electron chi connectivity index (χ2n) is 7.33. The molecule has 3 heterocycles. The number of piperidine rings is 1. The first-order valence-corrected chi connectivity index (χ1v) is 10.1. The summed E-state index contributed by atoms with van der Waals surface area (Å²) in [5.41, 5.74) is 5.75. The van der Waals surface area contributed by atoms with Gasteiger partial charge < -0.3 is 10.6 Å². The van der Waals surface area contributed by atoms with E-state index in [2.05, 4.69) is 19.9 Å². The summed E-state index contributed by atoms with van der Waals surface area (Å²) in [4.78, 5) is 31.1. The number of hydrogen-bond donors (Lipinski definition) is 1. The Bertz CT molecular complexity index is 911. The van der Waals surface area contributed by atoms with Crippen molar-refractivity contribution in [3.63, 3.8) is 0 Å². The summed E-state index contributed by atoms with van der Waals surface area (Å²) in [5.74, 6) is -0.502. The van der Waals surface area contributed by atoms with Crippen molar-refractivity contribution in [3.05, 3.63) is 65.1 Å². The van der Waals surface area contributed by atoms with Crippen molar-refractivity contribution < 1.29 is 9.18 Å². The van der Waals surface area contributed by atoms with Crippen LogP contribution in [-0.4, -0.2) is 50.9 Å². The lowest BCUT2D eigenvalue weighted by atomic mass is 9.87. The van der Waals surface area contributed by atoms with Crippen molar-refractivity contribution in [2.75, 3.05) is 13.1 Å². The third-order valence-corrected chi connectivity index (χ3v) is 5.52. The highest BCUT2D eigenvalue weighted by atomic mass is 35.5. The normalized spacial score (nSPS) is 17.8. The van der Waals surface area contributed by atoms with Gasteiger partial charge in [-0.25, -0.2) is 19.4 Å². The Labute approximate surface area is 179 Å². The smallest absolute Gasteiger partial charge is 0.252 e. The van der Waals surface area contributed by atoms with Gasteiger partial charge in [-0.1, -0.05) is 18.5 Å². The van der Waals surface area contributed by atoms with E-state index in [9.17, 15) is 4.79 Å². The van der Waals surface area contributed by atoms with Crippen LogP contribution in [0.25, 0.3) is 0 Å². The zero-order valence-electron chi connectivity index (χ0n) is 16.7. The van der Waals surface area contributed by atoms with Crippen LogP contribution >= 0.6 is 11.6 Å². The largest absolute Gasteiger partial charge is 0.390 e. The third-order valence-electron chi connectivity index (χ3n) is 5.29. The van der Waals surface area contributed by atoms with E-state index in [1.54, 1.807) is 29.3 Å². The van der Waals surface area contributed by atoms with Crippen molar-refractivity contribution >= 4 is 23.8 Å². The van der Waals surface area contributed by atoms with Gasteiger partial charge in [0.25, 0.3) is 5.91 Å². The van der Waals surface area contributed by atoms with E-state index >= 15 is 4.39 Å². The van der Waals surface area contributed by atoms with E-state index in [0.717, 1.165) is 6.34 Å². The van der Waals surface area contributed by atoms with E-state index in [1.165, 1.54) is 18.7 Å². The van der Waals surface area contributed by atoms with Crippen LogP contribution in [0.1, 0.15) is 37.1 Å². The molecule has 158 valence electrons. The number of alkyl halides is 1. The van der Waals surface area contributed by atoms with Crippen LogP contribution in [0.4, 0.5) is 4.39 Å². The van der Waals surface area contributed by atoms with Gasteiger partial charge >= 0.3 is 0 Å². The molecule has 1 atom stereocenters. The zero-order valence-corrected chi connectivity index (χ0v) is 17.5. The summed E-state index contributed by atoms with van der Waals surface area (Å²) in [5, 5.41) is 0.518. The standard InChI is InChI=1S/C21H24ClFN6O/c1-15(19-4-7-25-14-28-19)18(12-26-13-24)20(30)29-8-5-21(23,6-9-29)10-17-3-2-16(22)11-27-17/h2-4,7,11-15H,5-6,8-10H2,1H3,(H2,24,26)/b18-12+. The maximum absolute atomic E-state index is 15.3. The number of nitrogens with two attached hydrogens (primary N) is 1. The van der Waals surface area contributed by atoms with Gasteiger partial charge in [0.2, 0.25) is 0 Å². The SMILES string of the molecule is CC(/C(=C\N=CN)C(=O)N1CCC(F)(Cc2ccc(Cl)cn2)CC1)c1ccncn1. The molecule has 9 heteroatoms. The number of nitrogens with zero attached hydrogens (tertiary/aromatic N) is 5. The van der Waals surface area contributed by atoms with Crippen molar-refractivity contribution in [1.29, 1.82) is 0 Å². The number of carbonyl (C=O) groups excluding carboxylic acids is 1. The number of aromatic nitrogens is 3. The van der Waals surface area contributed by atoms with Gasteiger partial charge in [0, 0.05) is 55.3 Å². The van der Waals surface area contributed by atoms with E-state index in [-0.39, 0.29) is 31.1 Å². The molecular weight excluding hydrogens is 407 g/mol. The van der Waals surface area contributed by atoms with E-state index in [4.69, 9.17) is 17.3 Å². The highest BCUT2D eigenvalue weighted by Crippen LogP contribution is 2.32. The third kappa shape index (κ3) is 5.38. The first-order valence-electron chi connectivity index (χ1n) is 9.70. The molecule has 1 saturated heterocycles. The van der Waals surface area contributed by atoms with Gasteiger partial charge in [0.1, 0.15) is 12.0 Å². The molecule has 1 fully saturated rings. The molecule has 0 radical (unpaired) electrons. The van der Waals surface area contributed by atoms with Gasteiger partial charge in [-0.2, -0.15) is 0 Å². The minimum absolute atomic E-state index is 0.196. The zero-order chi connectivity index (χ0) is 21.6. The molecule has 2 aromatic rings. The van der Waals surface area contributed by atoms with Gasteiger partial charge in [0.15, 0.2) is 0 Å². The highest BCUT2D eigenvalue weighted by molar-refractivity contribution is 6.30. The topological polar surface area (TPSA) is 97.4 Å². The Morgan fingerprint density at radius 2 is 2.13 bits per heavy atom. The minimum Gasteiger partial charge on any atom is -0.390 e. The van der Waals surface area contributed by atoms with Gasteiger partial charge in [-0.3, -0.25) is 9.78 Å².